The van der Waals surface area contributed by atoms with Crippen molar-refractivity contribution in [1.29, 1.82) is 0 Å². The number of hydrogen-bond acceptors (Lipinski definition) is 5. The van der Waals surface area contributed by atoms with Gasteiger partial charge >= 0.3 is 0 Å². The van der Waals surface area contributed by atoms with Crippen LogP contribution in [-0.2, 0) is 0 Å². The summed E-state index contributed by atoms with van der Waals surface area (Å²) in [5.41, 5.74) is 3.71. The predicted octanol–water partition coefficient (Wildman–Crippen LogP) is 3.14. The lowest BCUT2D eigenvalue weighted by Gasteiger charge is -2.11. The first kappa shape index (κ1) is 19.5. The zero-order valence-electron chi connectivity index (χ0n) is 16.3. The molecule has 0 saturated heterocycles. The summed E-state index contributed by atoms with van der Waals surface area (Å²) in [6.07, 6.45) is 0. The van der Waals surface area contributed by atoms with Crippen molar-refractivity contribution in [3.63, 3.8) is 0 Å². The molecule has 0 amide bonds. The maximum absolute atomic E-state index is 13.4. The normalized spacial score (nSPS) is 10.9. The van der Waals surface area contributed by atoms with Gasteiger partial charge < -0.3 is 10.4 Å². The molecule has 2 aromatic carbocycles. The molecule has 4 rings (SSSR count). The number of hydrogen-bond donors (Lipinski definition) is 3. The molecule has 3 N–H and O–H groups in total. The molecule has 8 heteroatoms. The van der Waals surface area contributed by atoms with Crippen LogP contribution < -0.4 is 10.9 Å². The van der Waals surface area contributed by atoms with Crippen molar-refractivity contribution in [2.45, 2.75) is 6.92 Å². The van der Waals surface area contributed by atoms with Gasteiger partial charge in [0.25, 0.3) is 5.56 Å². The summed E-state index contributed by atoms with van der Waals surface area (Å²) in [5.74, 6) is 0.201. The number of aromatic amines is 1. The number of nitrogens with one attached hydrogen (secondary N) is 2. The van der Waals surface area contributed by atoms with Crippen molar-refractivity contribution < 1.29 is 9.50 Å². The van der Waals surface area contributed by atoms with E-state index in [1.165, 1.54) is 22.9 Å². The van der Waals surface area contributed by atoms with Crippen molar-refractivity contribution in [1.82, 2.24) is 20.0 Å². The van der Waals surface area contributed by atoms with Gasteiger partial charge in [-0.25, -0.2) is 4.39 Å². The van der Waals surface area contributed by atoms with Crippen LogP contribution >= 0.6 is 0 Å². The average molecular weight is 405 g/mol. The summed E-state index contributed by atoms with van der Waals surface area (Å²) in [7, 11) is 0. The number of halogens is 1. The molecular formula is C22H20FN5O2. The van der Waals surface area contributed by atoms with Crippen LogP contribution in [0.1, 0.15) is 5.56 Å². The number of rotatable bonds is 6. The number of aryl methyl sites for hydroxylation is 1. The monoisotopic (exact) mass is 405 g/mol. The first-order valence-corrected chi connectivity index (χ1v) is 9.44. The van der Waals surface area contributed by atoms with Gasteiger partial charge in [-0.2, -0.15) is 14.9 Å². The molecule has 0 spiro atoms. The lowest BCUT2D eigenvalue weighted by atomic mass is 10.0. The number of aliphatic hydroxyl groups is 1. The maximum Gasteiger partial charge on any atom is 0.271 e. The SMILES string of the molecule is Cc1ccccc1-n1nc(-c2c(-c3ccc(F)cc3)n[nH]c2NCCO)ccc1=O. The third kappa shape index (κ3) is 3.72. The van der Waals surface area contributed by atoms with E-state index in [9.17, 15) is 14.3 Å². The fourth-order valence-corrected chi connectivity index (χ4v) is 3.24. The van der Waals surface area contributed by atoms with E-state index < -0.39 is 0 Å². The van der Waals surface area contributed by atoms with Crippen molar-refractivity contribution in [2.24, 2.45) is 0 Å². The quantitative estimate of drug-likeness (QED) is 0.458. The number of nitrogens with zero attached hydrogens (tertiary/aromatic N) is 3. The molecule has 0 aliphatic carbocycles. The minimum absolute atomic E-state index is 0.0690. The highest BCUT2D eigenvalue weighted by Gasteiger charge is 2.19. The third-order valence-electron chi connectivity index (χ3n) is 4.70. The Hall–Kier alpha value is -3.78. The molecule has 0 aliphatic rings. The first-order valence-electron chi connectivity index (χ1n) is 9.44. The van der Waals surface area contributed by atoms with Crippen LogP contribution in [0.5, 0.6) is 0 Å². The van der Waals surface area contributed by atoms with Gasteiger partial charge in [0.15, 0.2) is 0 Å². The van der Waals surface area contributed by atoms with E-state index in [1.807, 2.05) is 31.2 Å². The van der Waals surface area contributed by atoms with Gasteiger partial charge in [-0.1, -0.05) is 18.2 Å². The number of aromatic nitrogens is 4. The molecule has 0 bridgehead atoms. The number of para-hydroxylation sites is 1. The van der Waals surface area contributed by atoms with E-state index in [-0.39, 0.29) is 18.0 Å². The van der Waals surface area contributed by atoms with E-state index in [1.54, 1.807) is 18.2 Å². The van der Waals surface area contributed by atoms with Gasteiger partial charge in [0.2, 0.25) is 0 Å². The standard InChI is InChI=1S/C22H20FN5O2/c1-14-4-2-3-5-18(14)28-19(30)11-10-17(27-28)20-21(15-6-8-16(23)9-7-15)25-26-22(20)24-12-13-29/h2-11,29H,12-13H2,1H3,(H2,24,25,26). The Morgan fingerprint density at radius 2 is 1.87 bits per heavy atom. The highest BCUT2D eigenvalue weighted by Crippen LogP contribution is 2.35. The molecular weight excluding hydrogens is 385 g/mol. The van der Waals surface area contributed by atoms with Crippen LogP contribution in [0.4, 0.5) is 10.2 Å². The van der Waals surface area contributed by atoms with Crippen LogP contribution in [0.2, 0.25) is 0 Å². The number of anilines is 1. The van der Waals surface area contributed by atoms with Crippen molar-refractivity contribution in [3.05, 3.63) is 82.4 Å². The summed E-state index contributed by atoms with van der Waals surface area (Å²) in [5, 5.41) is 24.1. The molecule has 0 radical (unpaired) electrons. The number of H-pyrrole nitrogens is 1. The lowest BCUT2D eigenvalue weighted by molar-refractivity contribution is 0.311. The molecule has 0 aliphatic heterocycles. The van der Waals surface area contributed by atoms with Crippen LogP contribution in [-0.4, -0.2) is 38.2 Å². The first-order chi connectivity index (χ1) is 14.6. The fraction of sp³-hybridized carbons (Fsp3) is 0.136. The molecule has 0 fully saturated rings. The molecule has 2 heterocycles. The summed E-state index contributed by atoms with van der Waals surface area (Å²) in [6.45, 7) is 2.14. The van der Waals surface area contributed by atoms with E-state index >= 15 is 0 Å². The van der Waals surface area contributed by atoms with Gasteiger partial charge in [-0.3, -0.25) is 9.89 Å². The minimum atomic E-state index is -0.347. The Kier molecular flexibility index (Phi) is 5.40. The smallest absolute Gasteiger partial charge is 0.271 e. The van der Waals surface area contributed by atoms with E-state index in [2.05, 4.69) is 20.6 Å². The molecule has 152 valence electrons. The molecule has 7 nitrogen and oxygen atoms in total. The topological polar surface area (TPSA) is 95.8 Å². The second-order valence-electron chi connectivity index (χ2n) is 6.73. The Morgan fingerprint density at radius 3 is 2.60 bits per heavy atom. The Labute approximate surface area is 171 Å². The summed E-state index contributed by atoms with van der Waals surface area (Å²) in [4.78, 5) is 12.5. The Morgan fingerprint density at radius 1 is 1.10 bits per heavy atom. The van der Waals surface area contributed by atoms with E-state index in [4.69, 9.17) is 0 Å². The van der Waals surface area contributed by atoms with Gasteiger partial charge in [0, 0.05) is 18.2 Å². The van der Waals surface area contributed by atoms with E-state index in [0.717, 1.165) is 5.56 Å². The van der Waals surface area contributed by atoms with Gasteiger partial charge in [-0.15, -0.1) is 0 Å². The number of benzene rings is 2. The zero-order valence-corrected chi connectivity index (χ0v) is 16.3. The van der Waals surface area contributed by atoms with Gasteiger partial charge in [0.05, 0.1) is 23.6 Å². The maximum atomic E-state index is 13.4. The average Bonchev–Trinajstić information content (AvgIpc) is 3.17. The molecule has 0 unspecified atom stereocenters. The largest absolute Gasteiger partial charge is 0.395 e. The summed E-state index contributed by atoms with van der Waals surface area (Å²) >= 11 is 0. The predicted molar refractivity (Wildman–Crippen MR) is 113 cm³/mol. The fourth-order valence-electron chi connectivity index (χ4n) is 3.24. The molecule has 0 atom stereocenters. The van der Waals surface area contributed by atoms with Crippen molar-refractivity contribution in [3.8, 4) is 28.2 Å². The second kappa shape index (κ2) is 8.30. The van der Waals surface area contributed by atoms with Crippen LogP contribution in [0.15, 0.2) is 65.5 Å². The third-order valence-corrected chi connectivity index (χ3v) is 4.70. The highest BCUT2D eigenvalue weighted by atomic mass is 19.1. The van der Waals surface area contributed by atoms with Crippen LogP contribution in [0, 0.1) is 12.7 Å². The lowest BCUT2D eigenvalue weighted by Crippen LogP contribution is -2.21. The Bertz CT molecular complexity index is 1230. The van der Waals surface area contributed by atoms with Gasteiger partial charge in [0.1, 0.15) is 17.3 Å². The number of aliphatic hydroxyl groups excluding tert-OH is 1. The van der Waals surface area contributed by atoms with Crippen molar-refractivity contribution in [2.75, 3.05) is 18.5 Å². The van der Waals surface area contributed by atoms with E-state index in [0.29, 0.717) is 40.6 Å². The summed E-state index contributed by atoms with van der Waals surface area (Å²) < 4.78 is 14.8. The molecule has 0 saturated carbocycles. The van der Waals surface area contributed by atoms with Crippen LogP contribution in [0.3, 0.4) is 0 Å². The molecule has 2 aromatic heterocycles. The molecule has 30 heavy (non-hydrogen) atoms. The minimum Gasteiger partial charge on any atom is -0.395 e. The Balaban J connectivity index is 1.90. The van der Waals surface area contributed by atoms with Crippen LogP contribution in [0.25, 0.3) is 28.2 Å². The van der Waals surface area contributed by atoms with Gasteiger partial charge in [-0.05, 0) is 48.9 Å². The highest BCUT2D eigenvalue weighted by molar-refractivity contribution is 5.87. The zero-order chi connectivity index (χ0) is 21.1. The summed E-state index contributed by atoms with van der Waals surface area (Å²) in [6, 6.07) is 16.5. The van der Waals surface area contributed by atoms with Crippen molar-refractivity contribution >= 4 is 5.82 Å². The molecule has 4 aromatic rings. The second-order valence-corrected chi connectivity index (χ2v) is 6.73.